The average Bonchev–Trinajstić information content (AvgIpc) is 2.91. The number of hydrogen-bond acceptors (Lipinski definition) is 3. The first kappa shape index (κ1) is 13.0. The van der Waals surface area contributed by atoms with Crippen LogP contribution in [0.15, 0.2) is 42.5 Å². The van der Waals surface area contributed by atoms with E-state index in [1.807, 2.05) is 0 Å². The van der Waals surface area contributed by atoms with Crippen LogP contribution < -0.4 is 0 Å². The van der Waals surface area contributed by atoms with Crippen molar-refractivity contribution in [2.24, 2.45) is 0 Å². The number of hydrogen-bond donors (Lipinski definition) is 0. The standard InChI is InChI=1S/C13H7Cl2FN4/c14-11-5-4-8(6-12(11)15)13-17-18-19-20(13)10-3-1-2-9(16)7-10/h1-7H. The van der Waals surface area contributed by atoms with Gasteiger partial charge in [-0.3, -0.25) is 0 Å². The van der Waals surface area contributed by atoms with Crippen molar-refractivity contribution < 1.29 is 4.39 Å². The van der Waals surface area contributed by atoms with Gasteiger partial charge < -0.3 is 0 Å². The lowest BCUT2D eigenvalue weighted by molar-refractivity contribution is 0.625. The molecule has 0 atom stereocenters. The van der Waals surface area contributed by atoms with E-state index in [9.17, 15) is 4.39 Å². The van der Waals surface area contributed by atoms with E-state index in [-0.39, 0.29) is 5.82 Å². The normalized spacial score (nSPS) is 10.8. The van der Waals surface area contributed by atoms with Crippen molar-refractivity contribution in [1.29, 1.82) is 0 Å². The van der Waals surface area contributed by atoms with Gasteiger partial charge in [0, 0.05) is 5.56 Å². The number of halogens is 3. The molecule has 0 aliphatic carbocycles. The van der Waals surface area contributed by atoms with E-state index in [1.165, 1.54) is 16.8 Å². The SMILES string of the molecule is Fc1cccc(-n2nnnc2-c2ccc(Cl)c(Cl)c2)c1. The van der Waals surface area contributed by atoms with Crippen molar-refractivity contribution in [3.8, 4) is 17.1 Å². The van der Waals surface area contributed by atoms with Crippen LogP contribution in [0, 0.1) is 5.82 Å². The molecule has 0 aliphatic rings. The van der Waals surface area contributed by atoms with Crippen LogP contribution in [0.25, 0.3) is 17.1 Å². The molecule has 0 aliphatic heterocycles. The largest absolute Gasteiger partial charge is 0.207 e. The molecular formula is C13H7Cl2FN4. The molecule has 0 fully saturated rings. The first-order valence-electron chi connectivity index (χ1n) is 5.65. The minimum Gasteiger partial charge on any atom is -0.207 e. The van der Waals surface area contributed by atoms with Crippen LogP contribution in [0.1, 0.15) is 0 Å². The Hall–Kier alpha value is -1.98. The van der Waals surface area contributed by atoms with Crippen molar-refractivity contribution in [2.75, 3.05) is 0 Å². The molecule has 1 heterocycles. The third-order valence-electron chi connectivity index (χ3n) is 2.70. The average molecular weight is 309 g/mol. The summed E-state index contributed by atoms with van der Waals surface area (Å²) < 4.78 is 14.7. The topological polar surface area (TPSA) is 43.6 Å². The molecule has 0 saturated carbocycles. The highest BCUT2D eigenvalue weighted by molar-refractivity contribution is 6.42. The monoisotopic (exact) mass is 308 g/mol. The van der Waals surface area contributed by atoms with Gasteiger partial charge in [-0.1, -0.05) is 29.3 Å². The number of aromatic nitrogens is 4. The molecule has 20 heavy (non-hydrogen) atoms. The second-order valence-electron chi connectivity index (χ2n) is 4.02. The molecule has 4 nitrogen and oxygen atoms in total. The van der Waals surface area contributed by atoms with Crippen LogP contribution in [-0.4, -0.2) is 20.2 Å². The van der Waals surface area contributed by atoms with Gasteiger partial charge in [-0.2, -0.15) is 4.68 Å². The Morgan fingerprint density at radius 3 is 2.60 bits per heavy atom. The minimum atomic E-state index is -0.363. The maximum absolute atomic E-state index is 13.3. The fourth-order valence-electron chi connectivity index (χ4n) is 1.78. The predicted octanol–water partition coefficient (Wildman–Crippen LogP) is 3.78. The summed E-state index contributed by atoms with van der Waals surface area (Å²) in [4.78, 5) is 0. The summed E-state index contributed by atoms with van der Waals surface area (Å²) in [6.07, 6.45) is 0. The number of benzene rings is 2. The van der Waals surface area contributed by atoms with E-state index in [2.05, 4.69) is 15.5 Å². The van der Waals surface area contributed by atoms with Crippen molar-refractivity contribution in [3.63, 3.8) is 0 Å². The molecule has 2 aromatic carbocycles. The number of rotatable bonds is 2. The van der Waals surface area contributed by atoms with Gasteiger partial charge in [-0.25, -0.2) is 4.39 Å². The molecule has 0 radical (unpaired) electrons. The summed E-state index contributed by atoms with van der Waals surface area (Å²) in [5.41, 5.74) is 1.21. The highest BCUT2D eigenvalue weighted by Gasteiger charge is 2.12. The lowest BCUT2D eigenvalue weighted by Crippen LogP contribution is -2.00. The molecule has 0 N–H and O–H groups in total. The van der Waals surface area contributed by atoms with Crippen LogP contribution in [0.5, 0.6) is 0 Å². The fourth-order valence-corrected chi connectivity index (χ4v) is 2.08. The summed E-state index contributed by atoms with van der Waals surface area (Å²) in [5, 5.41) is 12.3. The van der Waals surface area contributed by atoms with Crippen LogP contribution in [0.2, 0.25) is 10.0 Å². The summed E-state index contributed by atoms with van der Waals surface area (Å²) in [6, 6.07) is 11.1. The molecule has 7 heteroatoms. The first-order chi connectivity index (χ1) is 9.65. The van der Waals surface area contributed by atoms with E-state index < -0.39 is 0 Å². The van der Waals surface area contributed by atoms with Gasteiger partial charge in [0.05, 0.1) is 15.7 Å². The summed E-state index contributed by atoms with van der Waals surface area (Å²) in [7, 11) is 0. The van der Waals surface area contributed by atoms with Gasteiger partial charge in [-0.05, 0) is 46.8 Å². The Kier molecular flexibility index (Phi) is 3.38. The van der Waals surface area contributed by atoms with Crippen molar-refractivity contribution in [1.82, 2.24) is 20.2 Å². The van der Waals surface area contributed by atoms with Crippen LogP contribution in [-0.2, 0) is 0 Å². The third-order valence-corrected chi connectivity index (χ3v) is 3.44. The molecule has 3 rings (SSSR count). The van der Waals surface area contributed by atoms with Gasteiger partial charge in [0.2, 0.25) is 0 Å². The molecular weight excluding hydrogens is 302 g/mol. The third kappa shape index (κ3) is 2.37. The van der Waals surface area contributed by atoms with Gasteiger partial charge >= 0.3 is 0 Å². The highest BCUT2D eigenvalue weighted by atomic mass is 35.5. The number of tetrazole rings is 1. The van der Waals surface area contributed by atoms with Crippen LogP contribution in [0.3, 0.4) is 0 Å². The minimum absolute atomic E-state index is 0.363. The Morgan fingerprint density at radius 1 is 1.00 bits per heavy atom. The second kappa shape index (κ2) is 5.19. The molecule has 0 bridgehead atoms. The van der Waals surface area contributed by atoms with E-state index in [1.54, 1.807) is 30.3 Å². The van der Waals surface area contributed by atoms with Gasteiger partial charge in [0.15, 0.2) is 5.82 Å². The van der Waals surface area contributed by atoms with Crippen molar-refractivity contribution in [2.45, 2.75) is 0 Å². The zero-order valence-electron chi connectivity index (χ0n) is 9.96. The maximum Gasteiger partial charge on any atom is 0.187 e. The van der Waals surface area contributed by atoms with E-state index in [4.69, 9.17) is 23.2 Å². The molecule has 3 aromatic rings. The van der Waals surface area contributed by atoms with E-state index in [0.29, 0.717) is 27.1 Å². The molecule has 0 saturated heterocycles. The number of nitrogens with zero attached hydrogens (tertiary/aromatic N) is 4. The van der Waals surface area contributed by atoms with Gasteiger partial charge in [-0.15, -0.1) is 5.10 Å². The summed E-state index contributed by atoms with van der Waals surface area (Å²) >= 11 is 11.9. The zero-order valence-corrected chi connectivity index (χ0v) is 11.5. The second-order valence-corrected chi connectivity index (χ2v) is 4.84. The quantitative estimate of drug-likeness (QED) is 0.723. The fraction of sp³-hybridized carbons (Fsp3) is 0. The van der Waals surface area contributed by atoms with Crippen molar-refractivity contribution in [3.05, 3.63) is 58.3 Å². The Bertz CT molecular complexity index is 773. The lowest BCUT2D eigenvalue weighted by Gasteiger charge is -2.05. The molecule has 0 unspecified atom stereocenters. The Morgan fingerprint density at radius 2 is 1.85 bits per heavy atom. The zero-order chi connectivity index (χ0) is 14.1. The van der Waals surface area contributed by atoms with E-state index in [0.717, 1.165) is 0 Å². The Balaban J connectivity index is 2.12. The smallest absolute Gasteiger partial charge is 0.187 e. The molecule has 100 valence electrons. The Labute approximate surface area is 123 Å². The van der Waals surface area contributed by atoms with Crippen LogP contribution >= 0.6 is 23.2 Å². The molecule has 1 aromatic heterocycles. The summed E-state index contributed by atoms with van der Waals surface area (Å²) in [6.45, 7) is 0. The molecule has 0 spiro atoms. The highest BCUT2D eigenvalue weighted by Crippen LogP contribution is 2.28. The lowest BCUT2D eigenvalue weighted by atomic mass is 10.2. The van der Waals surface area contributed by atoms with E-state index >= 15 is 0 Å². The molecule has 0 amide bonds. The van der Waals surface area contributed by atoms with Gasteiger partial charge in [0.25, 0.3) is 0 Å². The van der Waals surface area contributed by atoms with Crippen LogP contribution in [0.4, 0.5) is 4.39 Å². The summed E-state index contributed by atoms with van der Waals surface area (Å²) in [5.74, 6) is 0.0901. The van der Waals surface area contributed by atoms with Gasteiger partial charge in [0.1, 0.15) is 5.82 Å². The first-order valence-corrected chi connectivity index (χ1v) is 6.40. The van der Waals surface area contributed by atoms with Crippen molar-refractivity contribution >= 4 is 23.2 Å². The maximum atomic E-state index is 13.3. The predicted molar refractivity (Wildman–Crippen MR) is 74.6 cm³/mol.